The van der Waals surface area contributed by atoms with Crippen LogP contribution in [0, 0.1) is 5.92 Å². The van der Waals surface area contributed by atoms with E-state index in [1.165, 1.54) is 12.3 Å². The third-order valence-corrected chi connectivity index (χ3v) is 4.71. The van der Waals surface area contributed by atoms with Gasteiger partial charge >= 0.3 is 0 Å². The van der Waals surface area contributed by atoms with Gasteiger partial charge in [-0.05, 0) is 31.2 Å². The van der Waals surface area contributed by atoms with E-state index in [1.54, 1.807) is 4.57 Å². The van der Waals surface area contributed by atoms with Gasteiger partial charge in [-0.1, -0.05) is 13.8 Å². The monoisotopic (exact) mass is 313 g/mol. The van der Waals surface area contributed by atoms with Gasteiger partial charge in [-0.25, -0.2) is 13.6 Å². The molecule has 1 aromatic rings. The first-order valence-electron chi connectivity index (χ1n) is 7.35. The molecule has 1 amide bonds. The fourth-order valence-electron chi connectivity index (χ4n) is 2.78. The number of aryl methyl sites for hydroxylation is 1. The zero-order chi connectivity index (χ0) is 15.6. The Morgan fingerprint density at radius 2 is 2.19 bits per heavy atom. The van der Waals surface area contributed by atoms with Crippen molar-refractivity contribution < 1.29 is 13.2 Å². The molecule has 0 bridgehead atoms. The lowest BCUT2D eigenvalue weighted by molar-refractivity contribution is 0.0672. The quantitative estimate of drug-likeness (QED) is 0.912. The Balaban J connectivity index is 2.32. The van der Waals surface area contributed by atoms with E-state index in [0.29, 0.717) is 18.2 Å². The van der Waals surface area contributed by atoms with Gasteiger partial charge in [0.25, 0.3) is 5.91 Å². The maximum Gasteiger partial charge on any atom is 0.270 e. The number of nitrogens with zero attached hydrogens (tertiary/aromatic N) is 2. The molecule has 0 saturated carbocycles. The summed E-state index contributed by atoms with van der Waals surface area (Å²) < 4.78 is 24.7. The predicted octanol–water partition coefficient (Wildman–Crippen LogP) is 1.42. The minimum Gasteiger partial charge on any atom is -0.342 e. The molecule has 0 radical (unpaired) electrons. The molecule has 1 aromatic heterocycles. The van der Waals surface area contributed by atoms with Gasteiger partial charge in [0, 0.05) is 25.8 Å². The van der Waals surface area contributed by atoms with Crippen LogP contribution in [0.15, 0.2) is 17.2 Å². The Morgan fingerprint density at radius 1 is 1.48 bits per heavy atom. The van der Waals surface area contributed by atoms with E-state index in [2.05, 4.69) is 6.92 Å². The number of amides is 1. The van der Waals surface area contributed by atoms with E-state index in [-0.39, 0.29) is 10.8 Å². The van der Waals surface area contributed by atoms with Gasteiger partial charge in [0.2, 0.25) is 10.0 Å². The van der Waals surface area contributed by atoms with E-state index in [9.17, 15) is 13.2 Å². The van der Waals surface area contributed by atoms with E-state index in [0.717, 1.165) is 32.4 Å². The molecule has 118 valence electrons. The maximum atomic E-state index is 12.7. The fourth-order valence-corrected chi connectivity index (χ4v) is 3.33. The molecule has 21 heavy (non-hydrogen) atoms. The fraction of sp³-hybridized carbons (Fsp3) is 0.643. The van der Waals surface area contributed by atoms with Gasteiger partial charge < -0.3 is 9.47 Å². The van der Waals surface area contributed by atoms with E-state index in [4.69, 9.17) is 5.14 Å². The number of hydrogen-bond donors (Lipinski definition) is 1. The number of piperidine rings is 1. The molecule has 1 fully saturated rings. The average Bonchev–Trinajstić information content (AvgIpc) is 2.82. The first-order chi connectivity index (χ1) is 9.82. The van der Waals surface area contributed by atoms with E-state index in [1.807, 2.05) is 11.8 Å². The van der Waals surface area contributed by atoms with Crippen LogP contribution in [0.4, 0.5) is 0 Å². The number of carbonyl (C=O) groups excluding carboxylic acids is 1. The lowest BCUT2D eigenvalue weighted by Crippen LogP contribution is -2.39. The number of aromatic nitrogens is 1. The average molecular weight is 313 g/mol. The van der Waals surface area contributed by atoms with Crippen LogP contribution in [0.25, 0.3) is 0 Å². The van der Waals surface area contributed by atoms with Gasteiger partial charge in [-0.15, -0.1) is 0 Å². The zero-order valence-electron chi connectivity index (χ0n) is 12.6. The number of primary sulfonamides is 1. The summed E-state index contributed by atoms with van der Waals surface area (Å²) in [6, 6.07) is 1.40. The second-order valence-corrected chi connectivity index (χ2v) is 7.36. The predicted molar refractivity (Wildman–Crippen MR) is 80.4 cm³/mol. The first-order valence-corrected chi connectivity index (χ1v) is 8.89. The normalized spacial score (nSPS) is 19.8. The molecule has 0 aromatic carbocycles. The van der Waals surface area contributed by atoms with Crippen molar-refractivity contribution in [2.24, 2.45) is 11.1 Å². The van der Waals surface area contributed by atoms with Crippen molar-refractivity contribution in [1.29, 1.82) is 0 Å². The highest BCUT2D eigenvalue weighted by Crippen LogP contribution is 2.20. The molecule has 0 aliphatic carbocycles. The molecule has 2 rings (SSSR count). The lowest BCUT2D eigenvalue weighted by Gasteiger charge is -2.31. The Kier molecular flexibility index (Phi) is 4.73. The van der Waals surface area contributed by atoms with Gasteiger partial charge in [0.05, 0.1) is 0 Å². The zero-order valence-corrected chi connectivity index (χ0v) is 13.4. The second kappa shape index (κ2) is 6.19. The molecule has 1 aliphatic rings. The molecule has 0 spiro atoms. The summed E-state index contributed by atoms with van der Waals surface area (Å²) in [5.74, 6) is 0.375. The molecular weight excluding hydrogens is 290 g/mol. The Bertz CT molecular complexity index is 621. The van der Waals surface area contributed by atoms with Crippen LogP contribution < -0.4 is 5.14 Å². The van der Waals surface area contributed by atoms with Crippen LogP contribution in [0.5, 0.6) is 0 Å². The summed E-state index contributed by atoms with van der Waals surface area (Å²) in [7, 11) is -3.79. The van der Waals surface area contributed by atoms with Crippen molar-refractivity contribution in [2.45, 2.75) is 44.6 Å². The van der Waals surface area contributed by atoms with Crippen LogP contribution in [0.3, 0.4) is 0 Å². The summed E-state index contributed by atoms with van der Waals surface area (Å²) >= 11 is 0. The Hall–Kier alpha value is -1.34. The topological polar surface area (TPSA) is 85.4 Å². The van der Waals surface area contributed by atoms with Gasteiger partial charge in [0.1, 0.15) is 10.6 Å². The molecule has 1 unspecified atom stereocenters. The van der Waals surface area contributed by atoms with Crippen LogP contribution in [-0.2, 0) is 16.6 Å². The highest BCUT2D eigenvalue weighted by atomic mass is 32.2. The van der Waals surface area contributed by atoms with Crippen molar-refractivity contribution in [3.8, 4) is 0 Å². The lowest BCUT2D eigenvalue weighted by atomic mass is 10.00. The van der Waals surface area contributed by atoms with Crippen LogP contribution >= 0.6 is 0 Å². The summed E-state index contributed by atoms with van der Waals surface area (Å²) in [6.07, 6.45) is 4.39. The molecular formula is C14H23N3O3S. The molecule has 1 aliphatic heterocycles. The number of hydrogen-bond acceptors (Lipinski definition) is 3. The van der Waals surface area contributed by atoms with Gasteiger partial charge in [-0.3, -0.25) is 4.79 Å². The summed E-state index contributed by atoms with van der Waals surface area (Å²) in [5.41, 5.74) is 0.412. The van der Waals surface area contributed by atoms with Crippen molar-refractivity contribution in [1.82, 2.24) is 9.47 Å². The van der Waals surface area contributed by atoms with Crippen LogP contribution in [0.1, 0.15) is 43.6 Å². The van der Waals surface area contributed by atoms with Crippen molar-refractivity contribution in [3.05, 3.63) is 18.0 Å². The third-order valence-electron chi connectivity index (χ3n) is 3.83. The largest absolute Gasteiger partial charge is 0.342 e. The van der Waals surface area contributed by atoms with Crippen molar-refractivity contribution in [2.75, 3.05) is 13.1 Å². The van der Waals surface area contributed by atoms with Crippen molar-refractivity contribution in [3.63, 3.8) is 0 Å². The number of carbonyl (C=O) groups is 1. The molecule has 6 nitrogen and oxygen atoms in total. The minimum absolute atomic E-state index is 0.00404. The third kappa shape index (κ3) is 3.65. The minimum atomic E-state index is -3.79. The molecule has 7 heteroatoms. The highest BCUT2D eigenvalue weighted by molar-refractivity contribution is 7.89. The number of nitrogens with two attached hydrogens (primary N) is 1. The van der Waals surface area contributed by atoms with Gasteiger partial charge in [0.15, 0.2) is 0 Å². The molecule has 2 N–H and O–H groups in total. The smallest absolute Gasteiger partial charge is 0.270 e. The van der Waals surface area contributed by atoms with Crippen LogP contribution in [-0.4, -0.2) is 36.9 Å². The first kappa shape index (κ1) is 16.0. The van der Waals surface area contributed by atoms with Crippen LogP contribution in [0.2, 0.25) is 0 Å². The SMILES string of the molecule is CCCn1cc(S(N)(=O)=O)cc1C(=O)N1CCCC(C)C1. The number of likely N-dealkylation sites (tertiary alicyclic amines) is 1. The number of sulfonamides is 1. The van der Waals surface area contributed by atoms with Crippen molar-refractivity contribution >= 4 is 15.9 Å². The summed E-state index contributed by atoms with van der Waals surface area (Å²) in [5, 5.41) is 5.17. The Morgan fingerprint density at radius 3 is 2.76 bits per heavy atom. The maximum absolute atomic E-state index is 12.7. The van der Waals surface area contributed by atoms with E-state index < -0.39 is 10.0 Å². The molecule has 1 atom stereocenters. The Labute approximate surface area is 126 Å². The van der Waals surface area contributed by atoms with Gasteiger partial charge in [-0.2, -0.15) is 0 Å². The highest BCUT2D eigenvalue weighted by Gasteiger charge is 2.26. The van der Waals surface area contributed by atoms with E-state index >= 15 is 0 Å². The molecule has 1 saturated heterocycles. The summed E-state index contributed by atoms with van der Waals surface area (Å²) in [4.78, 5) is 14.5. The summed E-state index contributed by atoms with van der Waals surface area (Å²) in [6.45, 7) is 6.15. The molecule has 2 heterocycles. The number of rotatable bonds is 4. The standard InChI is InChI=1S/C14H23N3O3S/c1-3-6-16-10-12(21(15,19)20)8-13(16)14(18)17-7-4-5-11(2)9-17/h8,10-11H,3-7,9H2,1-2H3,(H2,15,19,20). The second-order valence-electron chi connectivity index (χ2n) is 5.80.